The smallest absolute Gasteiger partial charge is 0.272 e. The van der Waals surface area contributed by atoms with E-state index in [1.165, 1.54) is 11.8 Å². The molecule has 1 atom stereocenters. The van der Waals surface area contributed by atoms with Crippen LogP contribution in [0.2, 0.25) is 0 Å². The number of hydrogen-bond donors (Lipinski definition) is 3. The minimum absolute atomic E-state index is 0.0877. The van der Waals surface area contributed by atoms with Gasteiger partial charge in [-0.15, -0.1) is 11.8 Å². The Kier molecular flexibility index (Phi) is 11.0. The Morgan fingerprint density at radius 3 is 2.02 bits per heavy atom. The Balaban J connectivity index is 1.32. The number of nitrogens with one attached hydrogen (secondary N) is 3. The maximum absolute atomic E-state index is 13.5. The molecule has 0 heterocycles. The first-order chi connectivity index (χ1) is 22.4. The number of carbonyl (C=O) groups is 3. The number of anilines is 2. The lowest BCUT2D eigenvalue weighted by Crippen LogP contribution is -2.30. The lowest BCUT2D eigenvalue weighted by molar-refractivity contribution is -0.116. The highest BCUT2D eigenvalue weighted by atomic mass is 79.9. The zero-order valence-corrected chi connectivity index (χ0v) is 27.2. The zero-order valence-electron chi connectivity index (χ0n) is 24.8. The van der Waals surface area contributed by atoms with Gasteiger partial charge in [0.15, 0.2) is 0 Å². The van der Waals surface area contributed by atoms with Crippen LogP contribution in [-0.4, -0.2) is 24.8 Å². The molecule has 1 unspecified atom stereocenters. The van der Waals surface area contributed by atoms with E-state index in [2.05, 4.69) is 31.9 Å². The first-order valence-corrected chi connectivity index (χ1v) is 16.0. The predicted octanol–water partition coefficient (Wildman–Crippen LogP) is 8.34. The zero-order chi connectivity index (χ0) is 32.3. The number of rotatable bonds is 11. The van der Waals surface area contributed by atoms with E-state index in [-0.39, 0.29) is 11.6 Å². The Morgan fingerprint density at radius 2 is 1.37 bits per heavy atom. The fraction of sp³-hybridized carbons (Fsp3) is 0.0541. The second-order valence-electron chi connectivity index (χ2n) is 10.0. The van der Waals surface area contributed by atoms with Crippen LogP contribution in [0.25, 0.3) is 6.08 Å². The molecule has 230 valence electrons. The van der Waals surface area contributed by atoms with E-state index in [1.807, 2.05) is 72.8 Å². The van der Waals surface area contributed by atoms with Crippen molar-refractivity contribution in [3.05, 3.63) is 160 Å². The predicted molar refractivity (Wildman–Crippen MR) is 188 cm³/mol. The Labute approximate surface area is 280 Å². The van der Waals surface area contributed by atoms with E-state index in [9.17, 15) is 14.4 Å². The van der Waals surface area contributed by atoms with Gasteiger partial charge in [0.25, 0.3) is 11.8 Å². The molecule has 0 bridgehead atoms. The molecule has 3 amide bonds. The monoisotopic (exact) mass is 691 g/mol. The van der Waals surface area contributed by atoms with Gasteiger partial charge < -0.3 is 20.7 Å². The highest BCUT2D eigenvalue weighted by molar-refractivity contribution is 9.10. The summed E-state index contributed by atoms with van der Waals surface area (Å²) in [5.41, 5.74) is 3.30. The number of carbonyl (C=O) groups excluding carboxylic acids is 3. The van der Waals surface area contributed by atoms with Gasteiger partial charge in [-0.3, -0.25) is 14.4 Å². The molecule has 0 radical (unpaired) electrons. The number of ether oxygens (including phenoxy) is 1. The molecule has 3 N–H and O–H groups in total. The highest BCUT2D eigenvalue weighted by Gasteiger charge is 2.22. The van der Waals surface area contributed by atoms with Crippen molar-refractivity contribution in [1.82, 2.24) is 5.32 Å². The van der Waals surface area contributed by atoms with Gasteiger partial charge in [-0.05, 0) is 90.0 Å². The molecule has 0 saturated carbocycles. The molecule has 7 nitrogen and oxygen atoms in total. The van der Waals surface area contributed by atoms with Crippen molar-refractivity contribution in [2.75, 3.05) is 17.7 Å². The Bertz CT molecular complexity index is 1830. The quantitative estimate of drug-likeness (QED) is 0.0956. The first kappa shape index (κ1) is 32.3. The minimum Gasteiger partial charge on any atom is -0.497 e. The Hall–Kier alpha value is -5.12. The van der Waals surface area contributed by atoms with Gasteiger partial charge in [-0.25, -0.2) is 0 Å². The van der Waals surface area contributed by atoms with Crippen LogP contribution in [0.15, 0.2) is 149 Å². The fourth-order valence-electron chi connectivity index (χ4n) is 4.44. The molecular weight excluding hydrogens is 662 g/mol. The van der Waals surface area contributed by atoms with Crippen LogP contribution < -0.4 is 20.7 Å². The third-order valence-electron chi connectivity index (χ3n) is 6.75. The summed E-state index contributed by atoms with van der Waals surface area (Å²) in [6.45, 7) is 0. The van der Waals surface area contributed by atoms with Gasteiger partial charge in [-0.2, -0.15) is 0 Å². The van der Waals surface area contributed by atoms with Crippen LogP contribution >= 0.6 is 27.7 Å². The summed E-state index contributed by atoms with van der Waals surface area (Å²) in [5, 5.41) is 8.10. The molecule has 0 fully saturated rings. The van der Waals surface area contributed by atoms with Crippen molar-refractivity contribution in [2.45, 2.75) is 10.1 Å². The summed E-state index contributed by atoms with van der Waals surface area (Å²) < 4.78 is 6.06. The Morgan fingerprint density at radius 1 is 0.739 bits per heavy atom. The molecular formula is C37H30BrN3O4S. The summed E-state index contributed by atoms with van der Waals surface area (Å²) >= 11 is 4.85. The molecule has 0 aliphatic carbocycles. The van der Waals surface area contributed by atoms with Crippen LogP contribution in [0.3, 0.4) is 0 Å². The van der Waals surface area contributed by atoms with Gasteiger partial charge in [0.2, 0.25) is 5.91 Å². The van der Waals surface area contributed by atoms with Crippen LogP contribution in [0.4, 0.5) is 11.4 Å². The van der Waals surface area contributed by atoms with Crippen LogP contribution in [0.1, 0.15) is 26.7 Å². The van der Waals surface area contributed by atoms with Gasteiger partial charge in [-0.1, -0.05) is 76.6 Å². The van der Waals surface area contributed by atoms with Crippen molar-refractivity contribution in [2.24, 2.45) is 0 Å². The van der Waals surface area contributed by atoms with E-state index in [4.69, 9.17) is 4.74 Å². The SMILES string of the molecule is COc1ccc(NC(=O)C(Sc2ccc(NC(=O)/C(=C/c3cccc(Br)c3)NC(=O)c3ccccc3)cc2)c2ccccc2)cc1. The molecule has 5 aromatic rings. The molecule has 0 aliphatic rings. The van der Waals surface area contributed by atoms with E-state index >= 15 is 0 Å². The molecule has 5 aromatic carbocycles. The minimum atomic E-state index is -0.531. The molecule has 5 rings (SSSR count). The van der Waals surface area contributed by atoms with E-state index in [0.29, 0.717) is 22.7 Å². The number of benzene rings is 5. The molecule has 0 aliphatic heterocycles. The highest BCUT2D eigenvalue weighted by Crippen LogP contribution is 2.37. The second kappa shape index (κ2) is 15.7. The number of thioether (sulfide) groups is 1. The van der Waals surface area contributed by atoms with Crippen LogP contribution in [-0.2, 0) is 9.59 Å². The summed E-state index contributed by atoms with van der Waals surface area (Å²) in [5.74, 6) is -0.349. The molecule has 9 heteroatoms. The molecule has 0 aromatic heterocycles. The average molecular weight is 693 g/mol. The van der Waals surface area contributed by atoms with Crippen LogP contribution in [0, 0.1) is 0 Å². The first-order valence-electron chi connectivity index (χ1n) is 14.3. The van der Waals surface area contributed by atoms with Gasteiger partial charge in [0.05, 0.1) is 7.11 Å². The van der Waals surface area contributed by atoms with Crippen LogP contribution in [0.5, 0.6) is 5.75 Å². The van der Waals surface area contributed by atoms with Crippen molar-refractivity contribution < 1.29 is 19.1 Å². The van der Waals surface area contributed by atoms with Gasteiger partial charge in [0, 0.05) is 26.3 Å². The largest absolute Gasteiger partial charge is 0.497 e. The summed E-state index contributed by atoms with van der Waals surface area (Å²) in [6, 6.07) is 40.1. The summed E-state index contributed by atoms with van der Waals surface area (Å²) in [6.07, 6.45) is 1.62. The van der Waals surface area contributed by atoms with E-state index in [0.717, 1.165) is 20.5 Å². The lowest BCUT2D eigenvalue weighted by atomic mass is 10.1. The standard InChI is InChI=1S/C37H30BrN3O4S/c1-45-31-19-15-29(16-20-31)40-37(44)34(26-10-4-2-5-11-26)46-32-21-17-30(18-22-32)39-36(43)33(24-25-9-8-14-28(38)23-25)41-35(42)27-12-6-3-7-13-27/h2-24,34H,1H3,(H,39,43)(H,40,44)(H,41,42)/b33-24-. The number of halogens is 1. The third-order valence-corrected chi connectivity index (χ3v) is 8.51. The topological polar surface area (TPSA) is 96.5 Å². The molecule has 0 saturated heterocycles. The summed E-state index contributed by atoms with van der Waals surface area (Å²) in [7, 11) is 1.59. The normalized spacial score (nSPS) is 11.7. The summed E-state index contributed by atoms with van der Waals surface area (Å²) in [4.78, 5) is 40.7. The van der Waals surface area contributed by atoms with E-state index < -0.39 is 17.1 Å². The van der Waals surface area contributed by atoms with Crippen molar-refractivity contribution >= 4 is 62.9 Å². The number of amides is 3. The van der Waals surface area contributed by atoms with Crippen molar-refractivity contribution in [3.63, 3.8) is 0 Å². The lowest BCUT2D eigenvalue weighted by Gasteiger charge is -2.18. The van der Waals surface area contributed by atoms with E-state index in [1.54, 1.807) is 73.8 Å². The average Bonchev–Trinajstić information content (AvgIpc) is 3.08. The van der Waals surface area contributed by atoms with Crippen molar-refractivity contribution in [3.8, 4) is 5.75 Å². The molecule has 0 spiro atoms. The third kappa shape index (κ3) is 8.97. The number of hydrogen-bond acceptors (Lipinski definition) is 5. The maximum atomic E-state index is 13.5. The fourth-order valence-corrected chi connectivity index (χ4v) is 5.88. The number of methoxy groups -OCH3 is 1. The van der Waals surface area contributed by atoms with Gasteiger partial charge in [0.1, 0.15) is 16.7 Å². The second-order valence-corrected chi connectivity index (χ2v) is 12.1. The van der Waals surface area contributed by atoms with Crippen molar-refractivity contribution in [1.29, 1.82) is 0 Å². The maximum Gasteiger partial charge on any atom is 0.272 e. The molecule has 46 heavy (non-hydrogen) atoms. The van der Waals surface area contributed by atoms with Gasteiger partial charge >= 0.3 is 0 Å².